The summed E-state index contributed by atoms with van der Waals surface area (Å²) in [6.07, 6.45) is 0.703. The van der Waals surface area contributed by atoms with Gasteiger partial charge < -0.3 is 15.4 Å². The Morgan fingerprint density at radius 3 is 2.39 bits per heavy atom. The van der Waals surface area contributed by atoms with Crippen molar-refractivity contribution in [1.82, 2.24) is 5.32 Å². The summed E-state index contributed by atoms with van der Waals surface area (Å²) in [5.74, 6) is 0.218. The van der Waals surface area contributed by atoms with Gasteiger partial charge in [-0.1, -0.05) is 43.7 Å². The minimum Gasteiger partial charge on any atom is -0.480 e. The van der Waals surface area contributed by atoms with Gasteiger partial charge in [-0.05, 0) is 57.4 Å². The van der Waals surface area contributed by atoms with Gasteiger partial charge in [0.1, 0.15) is 5.75 Å². The summed E-state index contributed by atoms with van der Waals surface area (Å²) in [6, 6.07) is 12.9. The number of para-hydroxylation sites is 1. The molecule has 2 rings (SSSR count). The van der Waals surface area contributed by atoms with E-state index in [0.717, 1.165) is 17.5 Å². The number of hydrogen-bond donors (Lipinski definition) is 2. The summed E-state index contributed by atoms with van der Waals surface area (Å²) in [7, 11) is 0. The number of ether oxygens (including phenoxy) is 1. The van der Waals surface area contributed by atoms with Crippen LogP contribution in [-0.4, -0.2) is 24.0 Å². The molecule has 0 aliphatic carbocycles. The van der Waals surface area contributed by atoms with Gasteiger partial charge >= 0.3 is 0 Å². The highest BCUT2D eigenvalue weighted by molar-refractivity contribution is 6.04. The third kappa shape index (κ3) is 5.59. The largest absolute Gasteiger partial charge is 0.480 e. The first-order chi connectivity index (χ1) is 13.3. The van der Waals surface area contributed by atoms with Gasteiger partial charge in [-0.25, -0.2) is 0 Å². The predicted octanol–water partition coefficient (Wildman–Crippen LogP) is 4.63. The number of benzene rings is 2. The fourth-order valence-electron chi connectivity index (χ4n) is 2.81. The van der Waals surface area contributed by atoms with Crippen molar-refractivity contribution in [1.29, 1.82) is 0 Å². The van der Waals surface area contributed by atoms with Crippen LogP contribution in [0.5, 0.6) is 5.75 Å². The SMILES string of the molecule is CC[C@@H](C)NC(=O)c1ccccc1NC(=O)[C@@H](CC)Oc1ccc(C)cc1C. The van der Waals surface area contributed by atoms with E-state index in [9.17, 15) is 9.59 Å². The molecule has 0 saturated heterocycles. The molecule has 2 aromatic carbocycles. The topological polar surface area (TPSA) is 67.4 Å². The minimum atomic E-state index is -0.646. The maximum Gasteiger partial charge on any atom is 0.265 e. The molecule has 0 fully saturated rings. The van der Waals surface area contributed by atoms with E-state index in [0.29, 0.717) is 23.4 Å². The van der Waals surface area contributed by atoms with E-state index in [4.69, 9.17) is 4.74 Å². The van der Waals surface area contributed by atoms with E-state index in [-0.39, 0.29) is 17.9 Å². The highest BCUT2D eigenvalue weighted by Gasteiger charge is 2.22. The Morgan fingerprint density at radius 2 is 1.75 bits per heavy atom. The molecule has 5 heteroatoms. The maximum atomic E-state index is 12.8. The fourth-order valence-corrected chi connectivity index (χ4v) is 2.81. The van der Waals surface area contributed by atoms with Crippen LogP contribution in [0.15, 0.2) is 42.5 Å². The number of amides is 2. The lowest BCUT2D eigenvalue weighted by Crippen LogP contribution is -2.35. The standard InChI is InChI=1S/C23H30N2O3/c1-6-17(5)24-22(26)18-10-8-9-11-19(18)25-23(27)20(7-2)28-21-13-12-15(3)14-16(21)4/h8-14,17,20H,6-7H2,1-5H3,(H,24,26)(H,25,27)/t17-,20-/m1/s1. The summed E-state index contributed by atoms with van der Waals surface area (Å²) in [5, 5.41) is 5.79. The summed E-state index contributed by atoms with van der Waals surface area (Å²) < 4.78 is 5.95. The Morgan fingerprint density at radius 1 is 1.04 bits per heavy atom. The molecule has 5 nitrogen and oxygen atoms in total. The molecule has 0 spiro atoms. The molecule has 0 saturated carbocycles. The van der Waals surface area contributed by atoms with Gasteiger partial charge in [0.05, 0.1) is 11.3 Å². The minimum absolute atomic E-state index is 0.0625. The summed E-state index contributed by atoms with van der Waals surface area (Å²) >= 11 is 0. The van der Waals surface area contributed by atoms with Crippen LogP contribution < -0.4 is 15.4 Å². The van der Waals surface area contributed by atoms with Crippen LogP contribution in [0.4, 0.5) is 5.69 Å². The molecule has 0 aliphatic rings. The molecule has 0 aliphatic heterocycles. The Balaban J connectivity index is 2.15. The second-order valence-electron chi connectivity index (χ2n) is 7.10. The number of nitrogens with one attached hydrogen (secondary N) is 2. The third-order valence-corrected chi connectivity index (χ3v) is 4.68. The molecule has 2 atom stereocenters. The normalized spacial score (nSPS) is 12.8. The quantitative estimate of drug-likeness (QED) is 0.699. The van der Waals surface area contributed by atoms with Gasteiger partial charge in [0.15, 0.2) is 6.10 Å². The molecular formula is C23H30N2O3. The first kappa shape index (κ1) is 21.5. The number of aryl methyl sites for hydroxylation is 2. The molecule has 0 unspecified atom stereocenters. The Hall–Kier alpha value is -2.82. The van der Waals surface area contributed by atoms with Crippen LogP contribution in [0.1, 0.15) is 55.1 Å². The van der Waals surface area contributed by atoms with Gasteiger partial charge in [-0.15, -0.1) is 0 Å². The number of rotatable bonds is 8. The zero-order valence-corrected chi connectivity index (χ0v) is 17.3. The smallest absolute Gasteiger partial charge is 0.265 e. The van der Waals surface area contributed by atoms with Crippen molar-refractivity contribution in [3.05, 3.63) is 59.2 Å². The highest BCUT2D eigenvalue weighted by Crippen LogP contribution is 2.22. The van der Waals surface area contributed by atoms with Crippen LogP contribution in [0.3, 0.4) is 0 Å². The van der Waals surface area contributed by atoms with E-state index in [2.05, 4.69) is 10.6 Å². The van der Waals surface area contributed by atoms with Gasteiger partial charge in [0.2, 0.25) is 0 Å². The van der Waals surface area contributed by atoms with Crippen LogP contribution in [0.25, 0.3) is 0 Å². The lowest BCUT2D eigenvalue weighted by Gasteiger charge is -2.20. The van der Waals surface area contributed by atoms with Gasteiger partial charge in [0, 0.05) is 6.04 Å². The average Bonchev–Trinajstić information content (AvgIpc) is 2.67. The van der Waals surface area contributed by atoms with Crippen LogP contribution in [0.2, 0.25) is 0 Å². The van der Waals surface area contributed by atoms with Crippen molar-refractivity contribution in [3.8, 4) is 5.75 Å². The van der Waals surface area contributed by atoms with Crippen molar-refractivity contribution >= 4 is 17.5 Å². The summed E-state index contributed by atoms with van der Waals surface area (Å²) in [4.78, 5) is 25.3. The van der Waals surface area contributed by atoms with E-state index >= 15 is 0 Å². The van der Waals surface area contributed by atoms with Gasteiger partial charge in [-0.3, -0.25) is 9.59 Å². The summed E-state index contributed by atoms with van der Waals surface area (Å²) in [6.45, 7) is 9.83. The second kappa shape index (κ2) is 9.93. The Bertz CT molecular complexity index is 832. The van der Waals surface area contributed by atoms with Crippen molar-refractivity contribution in [3.63, 3.8) is 0 Å². The Kier molecular flexibility index (Phi) is 7.61. The van der Waals surface area contributed by atoms with E-state index in [1.54, 1.807) is 24.3 Å². The van der Waals surface area contributed by atoms with E-state index in [1.165, 1.54) is 0 Å². The predicted molar refractivity (Wildman–Crippen MR) is 113 cm³/mol. The van der Waals surface area contributed by atoms with Crippen molar-refractivity contribution in [2.45, 2.75) is 59.6 Å². The second-order valence-corrected chi connectivity index (χ2v) is 7.10. The zero-order valence-electron chi connectivity index (χ0n) is 17.3. The third-order valence-electron chi connectivity index (χ3n) is 4.68. The van der Waals surface area contributed by atoms with Crippen LogP contribution in [0, 0.1) is 13.8 Å². The molecule has 28 heavy (non-hydrogen) atoms. The van der Waals surface area contributed by atoms with Crippen LogP contribution >= 0.6 is 0 Å². The van der Waals surface area contributed by atoms with Crippen molar-refractivity contribution in [2.75, 3.05) is 5.32 Å². The molecule has 150 valence electrons. The Labute approximate surface area is 167 Å². The molecule has 2 aromatic rings. The molecule has 0 aromatic heterocycles. The molecule has 0 radical (unpaired) electrons. The first-order valence-electron chi connectivity index (χ1n) is 9.80. The molecule has 2 N–H and O–H groups in total. The lowest BCUT2D eigenvalue weighted by atomic mass is 10.1. The number of carbonyl (C=O) groups excluding carboxylic acids is 2. The maximum absolute atomic E-state index is 12.8. The van der Waals surface area contributed by atoms with Gasteiger partial charge in [-0.2, -0.15) is 0 Å². The van der Waals surface area contributed by atoms with E-state index < -0.39 is 6.10 Å². The monoisotopic (exact) mass is 382 g/mol. The average molecular weight is 383 g/mol. The number of anilines is 1. The molecule has 0 heterocycles. The number of hydrogen-bond acceptors (Lipinski definition) is 3. The molecule has 0 bridgehead atoms. The fraction of sp³-hybridized carbons (Fsp3) is 0.391. The lowest BCUT2D eigenvalue weighted by molar-refractivity contribution is -0.122. The zero-order chi connectivity index (χ0) is 20.7. The first-order valence-corrected chi connectivity index (χ1v) is 9.80. The molecular weight excluding hydrogens is 352 g/mol. The molecule has 2 amide bonds. The van der Waals surface area contributed by atoms with Crippen molar-refractivity contribution < 1.29 is 14.3 Å². The number of carbonyl (C=O) groups is 2. The van der Waals surface area contributed by atoms with Gasteiger partial charge in [0.25, 0.3) is 11.8 Å². The van der Waals surface area contributed by atoms with Crippen molar-refractivity contribution in [2.24, 2.45) is 0 Å². The highest BCUT2D eigenvalue weighted by atomic mass is 16.5. The summed E-state index contributed by atoms with van der Waals surface area (Å²) in [5.41, 5.74) is 3.05. The van der Waals surface area contributed by atoms with E-state index in [1.807, 2.05) is 52.8 Å². The van der Waals surface area contributed by atoms with Crippen LogP contribution in [-0.2, 0) is 4.79 Å².